The number of methoxy groups -OCH3 is 1. The number of hydrogen-bond donors (Lipinski definition) is 2. The first-order valence-electron chi connectivity index (χ1n) is 7.33. The van der Waals surface area contributed by atoms with Gasteiger partial charge in [-0.05, 0) is 47.7 Å². The topological polar surface area (TPSA) is 88.0 Å². The third kappa shape index (κ3) is 3.89. The lowest BCUT2D eigenvalue weighted by Crippen LogP contribution is -2.19. The van der Waals surface area contributed by atoms with Gasteiger partial charge in [0.05, 0.1) is 17.6 Å². The van der Waals surface area contributed by atoms with Gasteiger partial charge >= 0.3 is 5.97 Å². The van der Waals surface area contributed by atoms with Crippen LogP contribution in [-0.4, -0.2) is 29.3 Å². The van der Waals surface area contributed by atoms with E-state index < -0.39 is 5.97 Å². The third-order valence-corrected chi connectivity index (χ3v) is 4.32. The first-order chi connectivity index (χ1) is 12.1. The van der Waals surface area contributed by atoms with Gasteiger partial charge in [-0.1, -0.05) is 24.3 Å². The predicted octanol–water partition coefficient (Wildman–Crippen LogP) is 3.29. The molecule has 1 fully saturated rings. The van der Waals surface area contributed by atoms with Gasteiger partial charge in [-0.2, -0.15) is 0 Å². The van der Waals surface area contributed by atoms with Crippen LogP contribution in [0.2, 0.25) is 0 Å². The normalized spacial score (nSPS) is 16.9. The van der Waals surface area contributed by atoms with Crippen LogP contribution in [0.1, 0.15) is 15.9 Å². The maximum atomic E-state index is 12.1. The summed E-state index contributed by atoms with van der Waals surface area (Å²) < 4.78 is 5.24. The van der Waals surface area contributed by atoms with Gasteiger partial charge in [-0.25, -0.2) is 9.79 Å². The van der Waals surface area contributed by atoms with E-state index in [-0.39, 0.29) is 11.5 Å². The van der Waals surface area contributed by atoms with Gasteiger partial charge in [0.15, 0.2) is 5.17 Å². The summed E-state index contributed by atoms with van der Waals surface area (Å²) in [5.41, 5.74) is 1.56. The van der Waals surface area contributed by atoms with Gasteiger partial charge in [0.25, 0.3) is 5.91 Å². The Hall–Kier alpha value is -3.06. The highest BCUT2D eigenvalue weighted by Crippen LogP contribution is 2.31. The Kier molecular flexibility index (Phi) is 4.85. The Morgan fingerprint density at radius 1 is 1.20 bits per heavy atom. The van der Waals surface area contributed by atoms with E-state index in [9.17, 15) is 9.59 Å². The zero-order valence-electron chi connectivity index (χ0n) is 13.2. The van der Waals surface area contributed by atoms with Crippen LogP contribution in [-0.2, 0) is 4.79 Å². The molecule has 0 aromatic heterocycles. The lowest BCUT2D eigenvalue weighted by atomic mass is 10.1. The summed E-state index contributed by atoms with van der Waals surface area (Å²) in [6.45, 7) is 0. The molecule has 0 unspecified atom stereocenters. The van der Waals surface area contributed by atoms with Crippen molar-refractivity contribution < 1.29 is 19.4 Å². The van der Waals surface area contributed by atoms with Crippen LogP contribution in [0, 0.1) is 0 Å². The number of thioether (sulfide) groups is 1. The summed E-state index contributed by atoms with van der Waals surface area (Å²) in [6, 6.07) is 13.6. The van der Waals surface area contributed by atoms with Crippen LogP contribution in [0.5, 0.6) is 5.75 Å². The molecule has 2 aromatic rings. The second kappa shape index (κ2) is 7.23. The molecule has 1 amide bonds. The molecule has 2 aromatic carbocycles. The number of amidine groups is 1. The van der Waals surface area contributed by atoms with Crippen molar-refractivity contribution in [1.29, 1.82) is 0 Å². The third-order valence-electron chi connectivity index (χ3n) is 3.41. The Labute approximate surface area is 148 Å². The van der Waals surface area contributed by atoms with Crippen LogP contribution >= 0.6 is 11.8 Å². The van der Waals surface area contributed by atoms with E-state index in [1.165, 1.54) is 23.9 Å². The quantitative estimate of drug-likeness (QED) is 0.823. The molecule has 126 valence electrons. The molecular weight excluding hydrogens is 340 g/mol. The minimum atomic E-state index is -0.988. The SMILES string of the molecule is COc1ccccc1N=C1NC(=O)C(=Cc2ccc(C(=O)O)cc2)S1. The molecule has 7 heteroatoms. The highest BCUT2D eigenvalue weighted by atomic mass is 32.2. The molecule has 0 bridgehead atoms. The summed E-state index contributed by atoms with van der Waals surface area (Å²) in [5.74, 6) is -0.620. The summed E-state index contributed by atoms with van der Waals surface area (Å²) in [7, 11) is 1.56. The Morgan fingerprint density at radius 3 is 2.60 bits per heavy atom. The van der Waals surface area contributed by atoms with E-state index in [1.807, 2.05) is 12.1 Å². The fourth-order valence-corrected chi connectivity index (χ4v) is 3.02. The van der Waals surface area contributed by atoms with Crippen molar-refractivity contribution in [2.24, 2.45) is 4.99 Å². The molecule has 0 saturated carbocycles. The van der Waals surface area contributed by atoms with E-state index in [4.69, 9.17) is 9.84 Å². The van der Waals surface area contributed by atoms with Gasteiger partial charge < -0.3 is 15.2 Å². The maximum Gasteiger partial charge on any atom is 0.335 e. The number of nitrogens with zero attached hydrogens (tertiary/aromatic N) is 1. The highest BCUT2D eigenvalue weighted by molar-refractivity contribution is 8.18. The van der Waals surface area contributed by atoms with E-state index in [0.29, 0.717) is 21.5 Å². The minimum Gasteiger partial charge on any atom is -0.494 e. The van der Waals surface area contributed by atoms with Crippen molar-refractivity contribution in [3.8, 4) is 5.75 Å². The molecule has 6 nitrogen and oxygen atoms in total. The molecule has 25 heavy (non-hydrogen) atoms. The fraction of sp³-hybridized carbons (Fsp3) is 0.0556. The number of benzene rings is 2. The van der Waals surface area contributed by atoms with Crippen LogP contribution in [0.3, 0.4) is 0 Å². The van der Waals surface area contributed by atoms with Gasteiger partial charge in [-0.15, -0.1) is 0 Å². The van der Waals surface area contributed by atoms with E-state index in [2.05, 4.69) is 10.3 Å². The zero-order valence-corrected chi connectivity index (χ0v) is 14.0. The van der Waals surface area contributed by atoms with Crippen molar-refractivity contribution in [2.45, 2.75) is 0 Å². The molecule has 2 N–H and O–H groups in total. The average Bonchev–Trinajstić information content (AvgIpc) is 2.95. The van der Waals surface area contributed by atoms with Crippen LogP contribution in [0.25, 0.3) is 6.08 Å². The number of carbonyl (C=O) groups is 2. The first-order valence-corrected chi connectivity index (χ1v) is 8.14. The minimum absolute atomic E-state index is 0.198. The highest BCUT2D eigenvalue weighted by Gasteiger charge is 2.24. The van der Waals surface area contributed by atoms with Gasteiger partial charge in [-0.3, -0.25) is 4.79 Å². The summed E-state index contributed by atoms with van der Waals surface area (Å²) in [5, 5.41) is 12.1. The summed E-state index contributed by atoms with van der Waals surface area (Å²) >= 11 is 1.22. The average molecular weight is 354 g/mol. The van der Waals surface area contributed by atoms with Gasteiger partial charge in [0, 0.05) is 0 Å². The van der Waals surface area contributed by atoms with Crippen molar-refractivity contribution in [3.05, 3.63) is 64.6 Å². The summed E-state index contributed by atoms with van der Waals surface area (Å²) in [6.07, 6.45) is 1.69. The molecule has 0 spiro atoms. The number of hydrogen-bond acceptors (Lipinski definition) is 5. The number of amides is 1. The number of carboxylic acid groups (broad SMARTS) is 1. The fourth-order valence-electron chi connectivity index (χ4n) is 2.19. The molecule has 1 heterocycles. The number of aliphatic imine (C=N–C) groups is 1. The molecule has 1 aliphatic rings. The Balaban J connectivity index is 1.82. The van der Waals surface area contributed by atoms with E-state index in [0.717, 1.165) is 5.56 Å². The second-order valence-corrected chi connectivity index (χ2v) is 6.11. The van der Waals surface area contributed by atoms with Crippen molar-refractivity contribution >= 4 is 40.6 Å². The molecular formula is C18H14N2O4S. The monoisotopic (exact) mass is 354 g/mol. The Morgan fingerprint density at radius 2 is 1.92 bits per heavy atom. The van der Waals surface area contributed by atoms with Crippen molar-refractivity contribution in [2.75, 3.05) is 7.11 Å². The number of para-hydroxylation sites is 2. The van der Waals surface area contributed by atoms with E-state index >= 15 is 0 Å². The summed E-state index contributed by atoms with van der Waals surface area (Å²) in [4.78, 5) is 27.9. The molecule has 0 aliphatic carbocycles. The second-order valence-electron chi connectivity index (χ2n) is 5.08. The van der Waals surface area contributed by atoms with Crippen LogP contribution < -0.4 is 10.1 Å². The van der Waals surface area contributed by atoms with Crippen LogP contribution in [0.15, 0.2) is 58.4 Å². The smallest absolute Gasteiger partial charge is 0.335 e. The largest absolute Gasteiger partial charge is 0.494 e. The number of aromatic carboxylic acids is 1. The number of carboxylic acids is 1. The van der Waals surface area contributed by atoms with Crippen LogP contribution in [0.4, 0.5) is 5.69 Å². The van der Waals surface area contributed by atoms with Crippen molar-refractivity contribution in [1.82, 2.24) is 5.32 Å². The lowest BCUT2D eigenvalue weighted by Gasteiger charge is -2.03. The number of rotatable bonds is 4. The van der Waals surface area contributed by atoms with E-state index in [1.54, 1.807) is 37.5 Å². The first kappa shape index (κ1) is 16.8. The molecule has 1 aliphatic heterocycles. The number of carbonyl (C=O) groups excluding carboxylic acids is 1. The molecule has 0 radical (unpaired) electrons. The lowest BCUT2D eigenvalue weighted by molar-refractivity contribution is -0.115. The molecule has 1 saturated heterocycles. The number of nitrogens with one attached hydrogen (secondary N) is 1. The Bertz CT molecular complexity index is 888. The predicted molar refractivity (Wildman–Crippen MR) is 97.2 cm³/mol. The van der Waals surface area contributed by atoms with Crippen molar-refractivity contribution in [3.63, 3.8) is 0 Å². The standard InChI is InChI=1S/C18H14N2O4S/c1-24-14-5-3-2-4-13(14)19-18-20-16(21)15(25-18)10-11-6-8-12(9-7-11)17(22)23/h2-10H,1H3,(H,22,23)(H,19,20,21). The number of ether oxygens (including phenoxy) is 1. The molecule has 3 rings (SSSR count). The zero-order chi connectivity index (χ0) is 17.8. The van der Waals surface area contributed by atoms with Gasteiger partial charge in [0.1, 0.15) is 11.4 Å². The van der Waals surface area contributed by atoms with Gasteiger partial charge in [0.2, 0.25) is 0 Å². The maximum absolute atomic E-state index is 12.1. The molecule has 0 atom stereocenters.